The van der Waals surface area contributed by atoms with Crippen LogP contribution in [0.3, 0.4) is 0 Å². The lowest BCUT2D eigenvalue weighted by molar-refractivity contribution is -0.00399. The van der Waals surface area contributed by atoms with E-state index in [1.54, 1.807) is 30.3 Å². The molecule has 4 aliphatic heterocycles. The van der Waals surface area contributed by atoms with Crippen LogP contribution >= 0.6 is 23.2 Å². The molecule has 4 fully saturated rings. The van der Waals surface area contributed by atoms with Gasteiger partial charge in [-0.1, -0.05) is 41.4 Å². The van der Waals surface area contributed by atoms with Gasteiger partial charge in [-0.25, -0.2) is 9.18 Å². The number of aliphatic hydroxyl groups excluding tert-OH is 1. The summed E-state index contributed by atoms with van der Waals surface area (Å²) < 4.78 is 32.8. The molecule has 2 bridgehead atoms. The highest BCUT2D eigenvalue weighted by Crippen LogP contribution is 2.45. The predicted octanol–water partition coefficient (Wildman–Crippen LogP) is 5.76. The van der Waals surface area contributed by atoms with E-state index in [9.17, 15) is 14.7 Å². The van der Waals surface area contributed by atoms with Crippen LogP contribution in [0.1, 0.15) is 45.5 Å². The number of aliphatic hydroxyl groups is 1. The van der Waals surface area contributed by atoms with Gasteiger partial charge in [-0.05, 0) is 49.4 Å². The summed E-state index contributed by atoms with van der Waals surface area (Å²) in [4.78, 5) is 32.4. The molecule has 2 unspecified atom stereocenters. The Morgan fingerprint density at radius 2 is 1.77 bits per heavy atom. The highest BCUT2D eigenvalue weighted by Gasteiger charge is 2.46. The van der Waals surface area contributed by atoms with Crippen LogP contribution in [0.2, 0.25) is 10.0 Å². The summed E-state index contributed by atoms with van der Waals surface area (Å²) >= 11 is 13.4. The summed E-state index contributed by atoms with van der Waals surface area (Å²) in [5.74, 6) is -0.379. The number of carbonyl (C=O) groups excluding carboxylic acids is 2. The van der Waals surface area contributed by atoms with Crippen LogP contribution in [0.15, 0.2) is 42.5 Å². The topological polar surface area (TPSA) is 91.8 Å². The molecule has 12 heteroatoms. The second kappa shape index (κ2) is 11.8. The number of hydrogen-bond donors (Lipinski definition) is 1. The summed E-state index contributed by atoms with van der Waals surface area (Å²) in [6.45, 7) is 2.74. The molecule has 8 rings (SSSR count). The van der Waals surface area contributed by atoms with Gasteiger partial charge in [0.05, 0.1) is 71.9 Å². The fourth-order valence-electron chi connectivity index (χ4n) is 8.08. The molecule has 1 aliphatic carbocycles. The van der Waals surface area contributed by atoms with E-state index < -0.39 is 11.8 Å². The fourth-order valence-corrected chi connectivity index (χ4v) is 8.72. The highest BCUT2D eigenvalue weighted by atomic mass is 35.5. The molecule has 3 saturated heterocycles. The number of benzene rings is 3. The van der Waals surface area contributed by atoms with Crippen molar-refractivity contribution < 1.29 is 33.3 Å². The molecule has 1 amide bonds. The van der Waals surface area contributed by atoms with Crippen molar-refractivity contribution in [3.63, 3.8) is 0 Å². The zero-order valence-corrected chi connectivity index (χ0v) is 27.3. The van der Waals surface area contributed by atoms with Crippen LogP contribution in [0, 0.1) is 17.7 Å². The van der Waals surface area contributed by atoms with E-state index in [1.165, 1.54) is 18.1 Å². The Balaban J connectivity index is 1.08. The zero-order valence-electron chi connectivity index (χ0n) is 25.8. The summed E-state index contributed by atoms with van der Waals surface area (Å²) in [5.41, 5.74) is 3.31. The largest absolute Gasteiger partial charge is 0.472 e. The standard InChI is InChI=1S/C35H34Cl2FN3O6/c1-45-35(44)25-10-29(38)24(11-30(25)41-20-5-6-21(41)16-46-15-20)23-4-2-3-18-12-40(17-47-33(18)23)34(43)32-27(36)8-22(9-28(32)37)39-13-19-7-31(42)26(19)14-39/h2-4,8-11,19-21,26,31,42H,5-7,12-17H2,1H3/t19-,20?,21?,26+,31-/m0/s1. The number of anilines is 2. The van der Waals surface area contributed by atoms with Gasteiger partial charge in [0.1, 0.15) is 11.6 Å². The molecule has 1 N–H and O–H groups in total. The van der Waals surface area contributed by atoms with Gasteiger partial charge in [0.15, 0.2) is 6.73 Å². The van der Waals surface area contributed by atoms with E-state index in [1.807, 2.05) is 6.07 Å². The van der Waals surface area contributed by atoms with Crippen LogP contribution in [-0.4, -0.2) is 80.2 Å². The minimum absolute atomic E-state index is 0.0852. The number of nitrogens with zero attached hydrogens (tertiary/aromatic N) is 3. The van der Waals surface area contributed by atoms with E-state index >= 15 is 4.39 Å². The monoisotopic (exact) mass is 681 g/mol. The van der Waals surface area contributed by atoms with Crippen molar-refractivity contribution in [3.8, 4) is 16.9 Å². The normalized spacial score (nSPS) is 26.0. The van der Waals surface area contributed by atoms with Crippen molar-refractivity contribution in [2.45, 2.75) is 44.0 Å². The number of ether oxygens (including phenoxy) is 3. The maximum atomic E-state index is 15.9. The van der Waals surface area contributed by atoms with Crippen LogP contribution in [-0.2, 0) is 16.0 Å². The number of esters is 1. The van der Waals surface area contributed by atoms with Gasteiger partial charge in [0.25, 0.3) is 5.91 Å². The lowest BCUT2D eigenvalue weighted by Gasteiger charge is -2.37. The maximum Gasteiger partial charge on any atom is 0.340 e. The average Bonchev–Trinajstić information content (AvgIpc) is 3.54. The Hall–Kier alpha value is -3.57. The highest BCUT2D eigenvalue weighted by molar-refractivity contribution is 6.40. The average molecular weight is 683 g/mol. The molecule has 5 aliphatic rings. The Kier molecular flexibility index (Phi) is 7.74. The van der Waals surface area contributed by atoms with Crippen LogP contribution in [0.25, 0.3) is 11.1 Å². The third-order valence-electron chi connectivity index (χ3n) is 10.5. The van der Waals surface area contributed by atoms with Crippen molar-refractivity contribution in [3.05, 3.63) is 75.0 Å². The van der Waals surface area contributed by atoms with Crippen molar-refractivity contribution in [2.75, 3.05) is 49.9 Å². The van der Waals surface area contributed by atoms with Crippen molar-refractivity contribution in [1.29, 1.82) is 0 Å². The van der Waals surface area contributed by atoms with E-state index in [-0.39, 0.29) is 64.5 Å². The van der Waals surface area contributed by atoms with Crippen molar-refractivity contribution in [1.82, 2.24) is 4.90 Å². The Morgan fingerprint density at radius 3 is 2.45 bits per heavy atom. The Bertz CT molecular complexity index is 1750. The van der Waals surface area contributed by atoms with Crippen LogP contribution < -0.4 is 14.5 Å². The third kappa shape index (κ3) is 5.12. The molecule has 0 spiro atoms. The number of rotatable bonds is 5. The van der Waals surface area contributed by atoms with Gasteiger partial charge in [-0.15, -0.1) is 0 Å². The van der Waals surface area contributed by atoms with Crippen molar-refractivity contribution in [2.24, 2.45) is 11.8 Å². The number of morpholine rings is 1. The van der Waals surface area contributed by atoms with Crippen LogP contribution in [0.4, 0.5) is 15.8 Å². The minimum Gasteiger partial charge on any atom is -0.472 e. The zero-order chi connectivity index (χ0) is 32.6. The predicted molar refractivity (Wildman–Crippen MR) is 175 cm³/mol. The number of amides is 1. The Morgan fingerprint density at radius 1 is 1.02 bits per heavy atom. The second-order valence-electron chi connectivity index (χ2n) is 13.2. The molecule has 47 heavy (non-hydrogen) atoms. The number of halogens is 3. The summed E-state index contributed by atoms with van der Waals surface area (Å²) in [5, 5.41) is 10.6. The van der Waals surface area contributed by atoms with E-state index in [4.69, 9.17) is 37.4 Å². The molecule has 246 valence electrons. The van der Waals surface area contributed by atoms with Gasteiger partial charge in [-0.3, -0.25) is 4.79 Å². The first-order valence-electron chi connectivity index (χ1n) is 16.0. The van der Waals surface area contributed by atoms with Crippen molar-refractivity contribution >= 4 is 46.5 Å². The molecule has 9 nitrogen and oxygen atoms in total. The molecule has 1 saturated carbocycles. The number of fused-ring (bicyclic) bond motifs is 4. The summed E-state index contributed by atoms with van der Waals surface area (Å²) in [6, 6.07) is 12.1. The molecule has 3 aromatic rings. The summed E-state index contributed by atoms with van der Waals surface area (Å²) in [6.07, 6.45) is 2.38. The minimum atomic E-state index is -0.603. The number of carbonyl (C=O) groups is 2. The first-order chi connectivity index (χ1) is 22.7. The van der Waals surface area contributed by atoms with E-state index in [0.29, 0.717) is 47.3 Å². The molecule has 0 radical (unpaired) electrons. The number of para-hydroxylation sites is 1. The number of hydrogen-bond acceptors (Lipinski definition) is 8. The molecule has 5 atom stereocenters. The lowest BCUT2D eigenvalue weighted by atomic mass is 9.74. The van der Waals surface area contributed by atoms with Crippen LogP contribution in [0.5, 0.6) is 5.75 Å². The molecule has 0 aromatic heterocycles. The van der Waals surface area contributed by atoms with Gasteiger partial charge >= 0.3 is 5.97 Å². The quantitative estimate of drug-likeness (QED) is 0.340. The molecular formula is C35H34Cl2FN3O6. The fraction of sp³-hybridized carbons (Fsp3) is 0.429. The van der Waals surface area contributed by atoms with E-state index in [0.717, 1.165) is 38.0 Å². The molecular weight excluding hydrogens is 648 g/mol. The smallest absolute Gasteiger partial charge is 0.340 e. The maximum absolute atomic E-state index is 15.9. The van der Waals surface area contributed by atoms with Gasteiger partial charge in [0, 0.05) is 41.4 Å². The molecule has 4 heterocycles. The van der Waals surface area contributed by atoms with Gasteiger partial charge in [-0.2, -0.15) is 0 Å². The third-order valence-corrected chi connectivity index (χ3v) is 11.1. The first kappa shape index (κ1) is 30.7. The molecule has 3 aromatic carbocycles. The number of methoxy groups -OCH3 is 1. The SMILES string of the molecule is COC(=O)c1cc(F)c(-c2cccc3c2OCN(C(=O)c2c(Cl)cc(N4C[C@@H]5C[C@H](O)[C@@H]5C4)cc2Cl)C3)cc1N1C2CCC1COC2. The lowest BCUT2D eigenvalue weighted by Crippen LogP contribution is -2.46. The first-order valence-corrected chi connectivity index (χ1v) is 16.7. The second-order valence-corrected chi connectivity index (χ2v) is 14.0. The van der Waals surface area contributed by atoms with E-state index in [2.05, 4.69) is 9.80 Å². The Labute approximate surface area is 281 Å². The van der Waals surface area contributed by atoms with Gasteiger partial charge in [0.2, 0.25) is 0 Å². The summed E-state index contributed by atoms with van der Waals surface area (Å²) in [7, 11) is 1.29. The van der Waals surface area contributed by atoms with Gasteiger partial charge < -0.3 is 34.0 Å².